The molecule has 0 aliphatic rings. The van der Waals surface area contributed by atoms with Crippen LogP contribution in [-0.4, -0.2) is 22.5 Å². The molecule has 0 saturated heterocycles. The zero-order chi connectivity index (χ0) is 17.9. The lowest BCUT2D eigenvalue weighted by Gasteiger charge is -2.09. The first kappa shape index (κ1) is 17.4. The van der Waals surface area contributed by atoms with E-state index in [1.54, 1.807) is 0 Å². The molecule has 0 bridgehead atoms. The number of nitrogens with one attached hydrogen (secondary N) is 2. The van der Waals surface area contributed by atoms with Crippen molar-refractivity contribution in [3.63, 3.8) is 0 Å². The summed E-state index contributed by atoms with van der Waals surface area (Å²) in [6.45, 7) is -3.07. The normalized spacial score (nSPS) is 11.4. The Morgan fingerprint density at radius 2 is 2.00 bits per heavy atom. The number of alkyl halides is 5. The summed E-state index contributed by atoms with van der Waals surface area (Å²) >= 11 is 0. The number of amides is 1. The van der Waals surface area contributed by atoms with Crippen molar-refractivity contribution >= 4 is 11.6 Å². The van der Waals surface area contributed by atoms with Gasteiger partial charge in [0.2, 0.25) is 0 Å². The van der Waals surface area contributed by atoms with E-state index >= 15 is 0 Å². The van der Waals surface area contributed by atoms with Crippen LogP contribution in [0.25, 0.3) is 0 Å². The largest absolute Gasteiger partial charge is 0.433 e. The lowest BCUT2D eigenvalue weighted by Crippen LogP contribution is -2.22. The predicted octanol–water partition coefficient (Wildman–Crippen LogP) is 2.64. The van der Waals surface area contributed by atoms with Crippen molar-refractivity contribution in [1.29, 1.82) is 0 Å². The summed E-state index contributed by atoms with van der Waals surface area (Å²) in [6.07, 6.45) is -3.42. The molecule has 0 aliphatic carbocycles. The predicted molar refractivity (Wildman–Crippen MR) is 70.9 cm³/mol. The van der Waals surface area contributed by atoms with Crippen LogP contribution in [0.4, 0.5) is 27.6 Å². The average Bonchev–Trinajstić information content (AvgIpc) is 2.48. The van der Waals surface area contributed by atoms with Crippen LogP contribution in [0.15, 0.2) is 35.4 Å². The van der Waals surface area contributed by atoms with Crippen LogP contribution in [0.3, 0.4) is 0 Å². The number of ether oxygens (including phenoxy) is 1. The molecule has 0 unspecified atom stereocenters. The third-order valence-corrected chi connectivity index (χ3v) is 2.67. The van der Waals surface area contributed by atoms with E-state index in [4.69, 9.17) is 0 Å². The highest BCUT2D eigenvalue weighted by molar-refractivity contribution is 6.02. The minimum atomic E-state index is -4.71. The van der Waals surface area contributed by atoms with Crippen LogP contribution >= 0.6 is 0 Å². The zero-order valence-corrected chi connectivity index (χ0v) is 11.5. The molecule has 0 atom stereocenters. The standard InChI is InChI=1S/C13H8F5N3O3/c14-12(15)24-7-1-2-8(19-5-7)11(23)21-9-3-6(13(16,17)18)4-20-10(9)22/h1-5,12H,(H,20,22)(H,21,23). The molecule has 11 heteroatoms. The van der Waals surface area contributed by atoms with E-state index in [1.807, 2.05) is 10.3 Å². The fraction of sp³-hybridized carbons (Fsp3) is 0.154. The molecule has 2 N–H and O–H groups in total. The molecule has 0 radical (unpaired) electrons. The molecule has 6 nitrogen and oxygen atoms in total. The van der Waals surface area contributed by atoms with E-state index in [2.05, 4.69) is 9.72 Å². The molecule has 0 aliphatic heterocycles. The Bertz CT molecular complexity index is 787. The van der Waals surface area contributed by atoms with Gasteiger partial charge >= 0.3 is 12.8 Å². The van der Waals surface area contributed by atoms with Gasteiger partial charge in [0.05, 0.1) is 11.8 Å². The summed E-state index contributed by atoms with van der Waals surface area (Å²) in [5, 5.41) is 1.97. The number of rotatable bonds is 4. The highest BCUT2D eigenvalue weighted by Crippen LogP contribution is 2.29. The van der Waals surface area contributed by atoms with Gasteiger partial charge in [-0.1, -0.05) is 0 Å². The minimum absolute atomic E-state index is 0.307. The molecular formula is C13H8F5N3O3. The van der Waals surface area contributed by atoms with Crippen molar-refractivity contribution in [2.24, 2.45) is 0 Å². The number of aromatic nitrogens is 2. The van der Waals surface area contributed by atoms with E-state index in [-0.39, 0.29) is 11.4 Å². The summed E-state index contributed by atoms with van der Waals surface area (Å²) < 4.78 is 65.8. The first-order valence-electron chi connectivity index (χ1n) is 6.19. The number of carbonyl (C=O) groups excluding carboxylic acids is 1. The van der Waals surface area contributed by atoms with Crippen LogP contribution in [0.2, 0.25) is 0 Å². The summed E-state index contributed by atoms with van der Waals surface area (Å²) in [5.41, 5.74) is -3.06. The van der Waals surface area contributed by atoms with Crippen molar-refractivity contribution in [2.45, 2.75) is 12.8 Å². The summed E-state index contributed by atoms with van der Waals surface area (Å²) in [7, 11) is 0. The maximum absolute atomic E-state index is 12.6. The highest BCUT2D eigenvalue weighted by Gasteiger charge is 2.31. The van der Waals surface area contributed by atoms with Gasteiger partial charge in [0.15, 0.2) is 0 Å². The molecule has 0 saturated carbocycles. The van der Waals surface area contributed by atoms with Crippen molar-refractivity contribution in [1.82, 2.24) is 9.97 Å². The second-order valence-corrected chi connectivity index (χ2v) is 4.34. The summed E-state index contributed by atoms with van der Waals surface area (Å²) in [6, 6.07) is 2.49. The first-order valence-corrected chi connectivity index (χ1v) is 6.19. The number of pyridine rings is 2. The molecule has 0 aromatic carbocycles. The van der Waals surface area contributed by atoms with Crippen LogP contribution in [-0.2, 0) is 6.18 Å². The number of halogens is 5. The van der Waals surface area contributed by atoms with Crippen LogP contribution in [0, 0.1) is 0 Å². The molecule has 24 heavy (non-hydrogen) atoms. The van der Waals surface area contributed by atoms with Gasteiger partial charge in [-0.05, 0) is 18.2 Å². The number of hydrogen-bond donors (Lipinski definition) is 2. The lowest BCUT2D eigenvalue weighted by molar-refractivity contribution is -0.137. The Morgan fingerprint density at radius 1 is 1.29 bits per heavy atom. The Labute approximate surface area is 130 Å². The smallest absolute Gasteiger partial charge is 0.417 e. The third-order valence-electron chi connectivity index (χ3n) is 2.67. The van der Waals surface area contributed by atoms with Gasteiger partial charge in [0.25, 0.3) is 11.5 Å². The average molecular weight is 349 g/mol. The minimum Gasteiger partial charge on any atom is -0.433 e. The van der Waals surface area contributed by atoms with E-state index in [0.717, 1.165) is 18.3 Å². The van der Waals surface area contributed by atoms with Gasteiger partial charge < -0.3 is 15.0 Å². The summed E-state index contributed by atoms with van der Waals surface area (Å²) in [5.74, 6) is -1.30. The number of hydrogen-bond acceptors (Lipinski definition) is 4. The quantitative estimate of drug-likeness (QED) is 0.831. The van der Waals surface area contributed by atoms with Crippen molar-refractivity contribution < 1.29 is 31.5 Å². The molecular weight excluding hydrogens is 341 g/mol. The van der Waals surface area contributed by atoms with Crippen molar-refractivity contribution in [2.75, 3.05) is 5.32 Å². The second-order valence-electron chi connectivity index (χ2n) is 4.34. The van der Waals surface area contributed by atoms with Gasteiger partial charge in [-0.2, -0.15) is 22.0 Å². The number of carbonyl (C=O) groups is 1. The third kappa shape index (κ3) is 4.27. The Balaban J connectivity index is 2.19. The topological polar surface area (TPSA) is 84.1 Å². The number of aromatic amines is 1. The number of nitrogens with zero attached hydrogens (tertiary/aromatic N) is 1. The Morgan fingerprint density at radius 3 is 2.54 bits per heavy atom. The van der Waals surface area contributed by atoms with Crippen LogP contribution < -0.4 is 15.6 Å². The molecule has 2 heterocycles. The first-order chi connectivity index (χ1) is 11.2. The number of anilines is 1. The fourth-order valence-electron chi connectivity index (χ4n) is 1.61. The fourth-order valence-corrected chi connectivity index (χ4v) is 1.61. The maximum atomic E-state index is 12.6. The van der Waals surface area contributed by atoms with Gasteiger partial charge in [0, 0.05) is 6.20 Å². The van der Waals surface area contributed by atoms with E-state index in [9.17, 15) is 31.5 Å². The summed E-state index contributed by atoms with van der Waals surface area (Å²) in [4.78, 5) is 28.7. The molecule has 0 spiro atoms. The molecule has 2 aromatic rings. The van der Waals surface area contributed by atoms with Crippen LogP contribution in [0.1, 0.15) is 16.1 Å². The Kier molecular flexibility index (Phi) is 4.81. The van der Waals surface area contributed by atoms with Gasteiger partial charge in [-0.25, -0.2) is 4.98 Å². The van der Waals surface area contributed by atoms with Crippen LogP contribution in [0.5, 0.6) is 5.75 Å². The monoisotopic (exact) mass is 349 g/mol. The molecule has 1 amide bonds. The van der Waals surface area contributed by atoms with E-state index < -0.39 is 35.5 Å². The Hall–Kier alpha value is -2.98. The molecule has 2 rings (SSSR count). The molecule has 0 fully saturated rings. The van der Waals surface area contributed by atoms with Gasteiger partial charge in [-0.15, -0.1) is 0 Å². The highest BCUT2D eigenvalue weighted by atomic mass is 19.4. The molecule has 2 aromatic heterocycles. The molecule has 128 valence electrons. The van der Waals surface area contributed by atoms with Gasteiger partial charge in [-0.3, -0.25) is 9.59 Å². The zero-order valence-electron chi connectivity index (χ0n) is 11.5. The van der Waals surface area contributed by atoms with Crippen molar-refractivity contribution in [3.8, 4) is 5.75 Å². The van der Waals surface area contributed by atoms with Gasteiger partial charge in [0.1, 0.15) is 17.1 Å². The van der Waals surface area contributed by atoms with E-state index in [0.29, 0.717) is 12.3 Å². The second kappa shape index (κ2) is 6.64. The number of H-pyrrole nitrogens is 1. The van der Waals surface area contributed by atoms with Crippen molar-refractivity contribution in [3.05, 3.63) is 52.2 Å². The lowest BCUT2D eigenvalue weighted by atomic mass is 10.2. The SMILES string of the molecule is O=C(Nc1cc(C(F)(F)F)c[nH]c1=O)c1ccc(OC(F)F)cn1. The van der Waals surface area contributed by atoms with E-state index in [1.165, 1.54) is 0 Å². The maximum Gasteiger partial charge on any atom is 0.417 e.